The second-order valence-corrected chi connectivity index (χ2v) is 15.0. The van der Waals surface area contributed by atoms with Gasteiger partial charge in [-0.1, -0.05) is 37.3 Å². The van der Waals surface area contributed by atoms with Crippen LogP contribution in [0, 0.1) is 0 Å². The van der Waals surface area contributed by atoms with E-state index in [4.69, 9.17) is 4.43 Å². The van der Waals surface area contributed by atoms with Crippen LogP contribution in [0.15, 0.2) is 28.7 Å². The molecule has 1 aromatic rings. The second-order valence-electron chi connectivity index (χ2n) is 8.40. The van der Waals surface area contributed by atoms with Crippen molar-refractivity contribution in [2.75, 3.05) is 0 Å². The largest absolute Gasteiger partial charge is 0.591 e. The van der Waals surface area contributed by atoms with Crippen LogP contribution in [0.4, 0.5) is 0 Å². The Bertz CT molecular complexity index is 571. The standard InChI is InChI=1S/C18H31NO2SSi/c1-14(19-22(20)17(2,3)4)15-12-10-11-13-16(15)21-23(8,9)18(5,6)7/h10-13H,1-9H3/b19-14+/t22-/m1/s1. The van der Waals surface area contributed by atoms with Crippen LogP contribution in [-0.4, -0.2) is 23.3 Å². The van der Waals surface area contributed by atoms with Crippen molar-refractivity contribution in [2.45, 2.75) is 71.3 Å². The Morgan fingerprint density at radius 1 is 1.09 bits per heavy atom. The number of hydrogen-bond acceptors (Lipinski definition) is 3. The zero-order chi connectivity index (χ0) is 18.1. The Labute approximate surface area is 146 Å². The monoisotopic (exact) mass is 353 g/mol. The first-order valence-electron chi connectivity index (χ1n) is 8.01. The molecule has 0 saturated heterocycles. The zero-order valence-electron chi connectivity index (χ0n) is 16.0. The first-order chi connectivity index (χ1) is 10.3. The highest BCUT2D eigenvalue weighted by atomic mass is 32.2. The zero-order valence-corrected chi connectivity index (χ0v) is 17.8. The number of benzene rings is 1. The quantitative estimate of drug-likeness (QED) is 0.416. The summed E-state index contributed by atoms with van der Waals surface area (Å²) in [5, 5.41) is 0.124. The van der Waals surface area contributed by atoms with Gasteiger partial charge >= 0.3 is 0 Å². The topological polar surface area (TPSA) is 44.7 Å². The minimum atomic E-state index is -1.93. The van der Waals surface area contributed by atoms with Gasteiger partial charge in [-0.15, -0.1) is 0 Å². The molecule has 0 heterocycles. The molecule has 0 aliphatic rings. The Morgan fingerprint density at radius 3 is 2.09 bits per heavy atom. The summed E-state index contributed by atoms with van der Waals surface area (Å²) in [6.07, 6.45) is 0. The van der Waals surface area contributed by atoms with E-state index in [2.05, 4.69) is 38.3 Å². The summed E-state index contributed by atoms with van der Waals surface area (Å²) in [4.78, 5) is 0. The smallest absolute Gasteiger partial charge is 0.250 e. The Hall–Kier alpha value is -0.783. The molecule has 0 aliphatic carbocycles. The predicted octanol–water partition coefficient (Wildman–Crippen LogP) is 5.34. The molecular weight excluding hydrogens is 322 g/mol. The van der Waals surface area contributed by atoms with Gasteiger partial charge in [0.25, 0.3) is 8.32 Å². The van der Waals surface area contributed by atoms with E-state index in [1.165, 1.54) is 0 Å². The molecule has 0 aromatic heterocycles. The molecule has 0 aliphatic heterocycles. The van der Waals surface area contributed by atoms with Crippen LogP contribution in [0.1, 0.15) is 54.0 Å². The average Bonchev–Trinajstić information content (AvgIpc) is 2.36. The predicted molar refractivity (Wildman–Crippen MR) is 104 cm³/mol. The number of hydrogen-bond donors (Lipinski definition) is 0. The third-order valence-electron chi connectivity index (χ3n) is 4.19. The maximum absolute atomic E-state index is 12.3. The third-order valence-corrected chi connectivity index (χ3v) is 10.0. The van der Waals surface area contributed by atoms with E-state index >= 15 is 0 Å². The molecule has 5 heteroatoms. The number of rotatable bonds is 4. The van der Waals surface area contributed by atoms with E-state index in [1.54, 1.807) is 0 Å². The Balaban J connectivity index is 3.19. The fourth-order valence-corrected chi connectivity index (χ4v) is 3.25. The lowest BCUT2D eigenvalue weighted by Crippen LogP contribution is -2.44. The van der Waals surface area contributed by atoms with Crippen LogP contribution in [-0.2, 0) is 11.4 Å². The van der Waals surface area contributed by atoms with Gasteiger partial charge in [-0.3, -0.25) is 0 Å². The molecule has 0 N–H and O–H groups in total. The highest BCUT2D eigenvalue weighted by Gasteiger charge is 2.39. The van der Waals surface area contributed by atoms with E-state index in [1.807, 2.05) is 52.0 Å². The fourth-order valence-electron chi connectivity index (χ4n) is 1.59. The van der Waals surface area contributed by atoms with Gasteiger partial charge in [0, 0.05) is 5.56 Å². The molecule has 0 unspecified atom stereocenters. The van der Waals surface area contributed by atoms with Crippen LogP contribution in [0.25, 0.3) is 0 Å². The van der Waals surface area contributed by atoms with Crippen molar-refractivity contribution in [3.63, 3.8) is 0 Å². The van der Waals surface area contributed by atoms with E-state index in [0.29, 0.717) is 0 Å². The number of para-hydroxylation sites is 1. The SMILES string of the molecule is C/C(=N\[S@+]([O-])C(C)(C)C)c1ccccc1O[Si](C)(C)C(C)(C)C. The maximum Gasteiger partial charge on any atom is 0.250 e. The summed E-state index contributed by atoms with van der Waals surface area (Å²) in [7, 11) is -1.93. The Kier molecular flexibility index (Phi) is 6.16. The van der Waals surface area contributed by atoms with E-state index in [9.17, 15) is 4.55 Å². The lowest BCUT2D eigenvalue weighted by Gasteiger charge is -2.37. The van der Waals surface area contributed by atoms with Gasteiger partial charge in [0.1, 0.15) is 21.9 Å². The molecule has 0 bridgehead atoms. The minimum Gasteiger partial charge on any atom is -0.591 e. The first-order valence-corrected chi connectivity index (χ1v) is 12.0. The van der Waals surface area contributed by atoms with Gasteiger partial charge in [0.2, 0.25) is 0 Å². The van der Waals surface area contributed by atoms with Crippen LogP contribution in [0.2, 0.25) is 18.1 Å². The van der Waals surface area contributed by atoms with E-state index in [-0.39, 0.29) is 9.79 Å². The summed E-state index contributed by atoms with van der Waals surface area (Å²) >= 11 is -1.27. The molecule has 0 radical (unpaired) electrons. The summed E-state index contributed by atoms with van der Waals surface area (Å²) < 4.78 is 22.8. The van der Waals surface area contributed by atoms with Crippen molar-refractivity contribution in [1.82, 2.24) is 0 Å². The van der Waals surface area contributed by atoms with Crippen molar-refractivity contribution < 1.29 is 8.98 Å². The summed E-state index contributed by atoms with van der Waals surface area (Å²) in [5.41, 5.74) is 1.68. The normalized spacial score (nSPS) is 15.5. The molecule has 1 atom stereocenters. The molecule has 0 spiro atoms. The minimum absolute atomic E-state index is 0.124. The molecule has 1 aromatic carbocycles. The molecule has 0 amide bonds. The van der Waals surface area contributed by atoms with Crippen molar-refractivity contribution in [3.8, 4) is 5.75 Å². The number of nitrogens with zero attached hydrogens (tertiary/aromatic N) is 1. The van der Waals surface area contributed by atoms with Crippen LogP contribution >= 0.6 is 0 Å². The molecule has 23 heavy (non-hydrogen) atoms. The van der Waals surface area contributed by atoms with Crippen molar-refractivity contribution in [2.24, 2.45) is 4.40 Å². The summed E-state index contributed by atoms with van der Waals surface area (Å²) in [6.45, 7) is 18.8. The Morgan fingerprint density at radius 2 is 1.61 bits per heavy atom. The van der Waals surface area contributed by atoms with Gasteiger partial charge in [0.05, 0.1) is 5.71 Å². The molecule has 1 rings (SSSR count). The average molecular weight is 354 g/mol. The highest BCUT2D eigenvalue weighted by Crippen LogP contribution is 2.38. The van der Waals surface area contributed by atoms with Gasteiger partial charge < -0.3 is 8.98 Å². The molecule has 0 saturated carbocycles. The van der Waals surface area contributed by atoms with Crippen molar-refractivity contribution in [3.05, 3.63) is 29.8 Å². The van der Waals surface area contributed by atoms with E-state index in [0.717, 1.165) is 17.0 Å². The van der Waals surface area contributed by atoms with Gasteiger partial charge in [-0.05, 0) is 58.0 Å². The van der Waals surface area contributed by atoms with Crippen LogP contribution in [0.5, 0.6) is 5.75 Å². The molecule has 3 nitrogen and oxygen atoms in total. The molecule has 130 valence electrons. The maximum atomic E-state index is 12.3. The van der Waals surface area contributed by atoms with Crippen LogP contribution in [0.3, 0.4) is 0 Å². The van der Waals surface area contributed by atoms with Gasteiger partial charge in [-0.25, -0.2) is 0 Å². The fraction of sp³-hybridized carbons (Fsp3) is 0.611. The first kappa shape index (κ1) is 20.3. The molecule has 0 fully saturated rings. The second kappa shape index (κ2) is 6.99. The van der Waals surface area contributed by atoms with E-state index < -0.39 is 19.7 Å². The van der Waals surface area contributed by atoms with Crippen LogP contribution < -0.4 is 4.43 Å². The highest BCUT2D eigenvalue weighted by molar-refractivity contribution is 7.91. The lowest BCUT2D eigenvalue weighted by molar-refractivity contribution is 0.491. The van der Waals surface area contributed by atoms with Crippen molar-refractivity contribution >= 4 is 25.4 Å². The van der Waals surface area contributed by atoms with Gasteiger partial charge in [-0.2, -0.15) is 0 Å². The summed E-state index contributed by atoms with van der Waals surface area (Å²) in [6, 6.07) is 7.91. The summed E-state index contributed by atoms with van der Waals surface area (Å²) in [5.74, 6) is 0.839. The van der Waals surface area contributed by atoms with Crippen molar-refractivity contribution in [1.29, 1.82) is 0 Å². The van der Waals surface area contributed by atoms with Gasteiger partial charge in [0.15, 0.2) is 0 Å². The lowest BCUT2D eigenvalue weighted by atomic mass is 10.1. The molecular formula is C18H31NO2SSi. The third kappa shape index (κ3) is 5.36.